The summed E-state index contributed by atoms with van der Waals surface area (Å²) in [6, 6.07) is 10.9. The van der Waals surface area contributed by atoms with Crippen LogP contribution in [0, 0.1) is 6.92 Å². The summed E-state index contributed by atoms with van der Waals surface area (Å²) < 4.78 is 40.9. The molecule has 0 aliphatic heterocycles. The van der Waals surface area contributed by atoms with Gasteiger partial charge in [0.05, 0.1) is 10.4 Å². The second-order valence-electron chi connectivity index (χ2n) is 7.56. The molecule has 0 aliphatic rings. The summed E-state index contributed by atoms with van der Waals surface area (Å²) in [5, 5.41) is 6.05. The highest BCUT2D eigenvalue weighted by atomic mass is 32.2. The van der Waals surface area contributed by atoms with Crippen molar-refractivity contribution in [2.45, 2.75) is 18.1 Å². The number of nitrogens with zero attached hydrogens (tertiary/aromatic N) is 3. The summed E-state index contributed by atoms with van der Waals surface area (Å²) in [6.45, 7) is 1.77. The molecule has 12 nitrogen and oxygen atoms in total. The van der Waals surface area contributed by atoms with E-state index in [0.717, 1.165) is 10.8 Å². The van der Waals surface area contributed by atoms with Crippen LogP contribution in [0.3, 0.4) is 0 Å². The molecule has 0 spiro atoms. The maximum Gasteiger partial charge on any atom is 0.420 e. The van der Waals surface area contributed by atoms with E-state index in [2.05, 4.69) is 20.6 Å². The van der Waals surface area contributed by atoms with Crippen LogP contribution in [-0.4, -0.2) is 39.0 Å². The van der Waals surface area contributed by atoms with Crippen molar-refractivity contribution in [2.75, 3.05) is 16.9 Å². The van der Waals surface area contributed by atoms with Crippen molar-refractivity contribution in [3.63, 3.8) is 0 Å². The van der Waals surface area contributed by atoms with Crippen molar-refractivity contribution in [3.05, 3.63) is 64.8 Å². The van der Waals surface area contributed by atoms with Crippen LogP contribution in [-0.2, 0) is 20.7 Å². The van der Waals surface area contributed by atoms with Crippen LogP contribution in [0.5, 0.6) is 0 Å². The normalized spacial score (nSPS) is 12.1. The van der Waals surface area contributed by atoms with Gasteiger partial charge in [0, 0.05) is 29.4 Å². The van der Waals surface area contributed by atoms with Gasteiger partial charge in [0.25, 0.3) is 0 Å². The number of rotatable bonds is 7. The summed E-state index contributed by atoms with van der Waals surface area (Å²) in [7, 11) is -7.89. The maximum absolute atomic E-state index is 12.0. The Labute approximate surface area is 193 Å². The van der Waals surface area contributed by atoms with Gasteiger partial charge < -0.3 is 24.8 Å². The van der Waals surface area contributed by atoms with Gasteiger partial charge in [0.2, 0.25) is 5.95 Å². The van der Waals surface area contributed by atoms with E-state index in [0.29, 0.717) is 22.8 Å². The number of aryl methyl sites for hydroxylation is 1. The lowest BCUT2D eigenvalue weighted by Gasteiger charge is -2.12. The first-order valence-electron chi connectivity index (χ1n) is 9.75. The van der Waals surface area contributed by atoms with E-state index in [1.54, 1.807) is 31.3 Å². The molecule has 2 aromatic heterocycles. The van der Waals surface area contributed by atoms with Gasteiger partial charge in [0.15, 0.2) is 15.4 Å². The molecule has 4 aromatic rings. The molecule has 4 rings (SSSR count). The van der Waals surface area contributed by atoms with Crippen molar-refractivity contribution < 1.29 is 27.2 Å². The second kappa shape index (κ2) is 8.69. The summed E-state index contributed by atoms with van der Waals surface area (Å²) in [5.41, 5.74) is 2.05. The molecule has 0 aliphatic carbocycles. The molecule has 2 heterocycles. The van der Waals surface area contributed by atoms with Gasteiger partial charge in [-0.25, -0.2) is 18.2 Å². The number of anilines is 4. The lowest BCUT2D eigenvalue weighted by Crippen LogP contribution is -2.14. The Bertz CT molecular complexity index is 1610. The van der Waals surface area contributed by atoms with Gasteiger partial charge in [-0.05, 0) is 43.3 Å². The highest BCUT2D eigenvalue weighted by Crippen LogP contribution is 2.37. The number of hydrogen-bond acceptors (Lipinski definition) is 9. The summed E-state index contributed by atoms with van der Waals surface area (Å²) in [5.74, 6) is -0.249. The number of aromatic nitrogens is 3. The Morgan fingerprint density at radius 3 is 2.56 bits per heavy atom. The van der Waals surface area contributed by atoms with Crippen LogP contribution in [0.2, 0.25) is 0 Å². The number of sulfone groups is 1. The molecule has 0 saturated heterocycles. The lowest BCUT2D eigenvalue weighted by molar-refractivity contribution is 0.359. The van der Waals surface area contributed by atoms with E-state index >= 15 is 0 Å². The first kappa shape index (κ1) is 23.6. The van der Waals surface area contributed by atoms with Crippen molar-refractivity contribution in [3.8, 4) is 0 Å². The molecular formula is C20H20N5O7PS. The highest BCUT2D eigenvalue weighted by Gasteiger charge is 2.20. The average Bonchev–Trinajstić information content (AvgIpc) is 3.03. The molecule has 4 N–H and O–H groups in total. The van der Waals surface area contributed by atoms with Crippen molar-refractivity contribution in [2.24, 2.45) is 0 Å². The van der Waals surface area contributed by atoms with Crippen LogP contribution in [0.25, 0.3) is 11.1 Å². The van der Waals surface area contributed by atoms with Gasteiger partial charge in [-0.2, -0.15) is 4.98 Å². The number of hydrogen-bond donors (Lipinski definition) is 4. The molecule has 178 valence electrons. The smallest absolute Gasteiger partial charge is 0.408 e. The molecule has 0 saturated carbocycles. The zero-order valence-corrected chi connectivity index (χ0v) is 19.7. The number of nitrogens with one attached hydrogen (secondary N) is 2. The van der Waals surface area contributed by atoms with E-state index in [-0.39, 0.29) is 21.9 Å². The molecule has 0 radical (unpaired) electrons. The van der Waals surface area contributed by atoms with Crippen molar-refractivity contribution in [1.82, 2.24) is 14.5 Å². The lowest BCUT2D eigenvalue weighted by atomic mass is 10.2. The van der Waals surface area contributed by atoms with Crippen molar-refractivity contribution in [1.29, 1.82) is 0 Å². The van der Waals surface area contributed by atoms with Gasteiger partial charge in [-0.3, -0.25) is 9.13 Å². The van der Waals surface area contributed by atoms with Crippen molar-refractivity contribution >= 4 is 51.7 Å². The minimum Gasteiger partial charge on any atom is -0.408 e. The Kier molecular flexibility index (Phi) is 6.04. The number of fused-ring (bicyclic) bond motifs is 1. The summed E-state index contributed by atoms with van der Waals surface area (Å²) >= 11 is 0. The first-order chi connectivity index (χ1) is 15.9. The molecule has 0 atom stereocenters. The maximum atomic E-state index is 12.0. The minimum atomic E-state index is -4.51. The Balaban J connectivity index is 1.64. The van der Waals surface area contributed by atoms with E-state index in [9.17, 15) is 27.6 Å². The third-order valence-electron chi connectivity index (χ3n) is 4.75. The number of oxazole rings is 1. The fraction of sp³-hybridized carbons (Fsp3) is 0.150. The second-order valence-corrected chi connectivity index (χ2v) is 11.2. The molecule has 0 amide bonds. The molecule has 0 unspecified atom stereocenters. The third kappa shape index (κ3) is 5.34. The average molecular weight is 505 g/mol. The monoisotopic (exact) mass is 505 g/mol. The fourth-order valence-corrected chi connectivity index (χ4v) is 4.46. The Hall–Kier alpha value is -3.51. The van der Waals surface area contributed by atoms with E-state index < -0.39 is 29.5 Å². The summed E-state index contributed by atoms with van der Waals surface area (Å²) in [6.07, 6.45) is 1.88. The van der Waals surface area contributed by atoms with Gasteiger partial charge >= 0.3 is 13.4 Å². The first-order valence-corrected chi connectivity index (χ1v) is 13.4. The van der Waals surface area contributed by atoms with E-state index in [4.69, 9.17) is 4.42 Å². The predicted molar refractivity (Wildman–Crippen MR) is 125 cm³/mol. The Morgan fingerprint density at radius 2 is 1.85 bits per heavy atom. The van der Waals surface area contributed by atoms with Crippen LogP contribution < -0.4 is 16.4 Å². The molecule has 14 heteroatoms. The van der Waals surface area contributed by atoms with E-state index in [1.807, 2.05) is 0 Å². The van der Waals surface area contributed by atoms with Crippen LogP contribution in [0.4, 0.5) is 23.1 Å². The molecule has 2 aromatic carbocycles. The van der Waals surface area contributed by atoms with Gasteiger partial charge in [-0.1, -0.05) is 6.07 Å². The van der Waals surface area contributed by atoms with Gasteiger partial charge in [0.1, 0.15) is 12.1 Å². The zero-order valence-electron chi connectivity index (χ0n) is 18.0. The Morgan fingerprint density at radius 1 is 1.12 bits per heavy atom. The topological polar surface area (TPSA) is 177 Å². The highest BCUT2D eigenvalue weighted by molar-refractivity contribution is 7.90. The number of benzene rings is 2. The van der Waals surface area contributed by atoms with Crippen LogP contribution in [0.1, 0.15) is 5.56 Å². The molecule has 34 heavy (non-hydrogen) atoms. The minimum absolute atomic E-state index is 0.151. The summed E-state index contributed by atoms with van der Waals surface area (Å²) in [4.78, 5) is 39.3. The molecular weight excluding hydrogens is 485 g/mol. The predicted octanol–water partition coefficient (Wildman–Crippen LogP) is 2.72. The van der Waals surface area contributed by atoms with Crippen LogP contribution in [0.15, 0.2) is 62.8 Å². The standard InChI is InChI=1S/C20H20N5O7PS/c1-12-10-21-19(23-13-4-3-5-15(8-13)34(2,30)31)24-18(12)22-14-6-7-17-16(9-14)25(20(26)32-17)11-33(27,28)29/h3-10H,11H2,1-2H3,(H2,27,28,29)(H2,21,22,23,24). The van der Waals surface area contributed by atoms with Gasteiger partial charge in [-0.15, -0.1) is 0 Å². The quantitative estimate of drug-likeness (QED) is 0.272. The molecule has 0 fully saturated rings. The third-order valence-corrected chi connectivity index (χ3v) is 6.51. The fourth-order valence-electron chi connectivity index (χ4n) is 3.16. The zero-order chi connectivity index (χ0) is 24.7. The molecule has 0 bridgehead atoms. The van der Waals surface area contributed by atoms with E-state index in [1.165, 1.54) is 24.3 Å². The van der Waals surface area contributed by atoms with Crippen LogP contribution >= 0.6 is 7.60 Å². The largest absolute Gasteiger partial charge is 0.420 e. The SMILES string of the molecule is Cc1cnc(Nc2cccc(S(C)(=O)=O)c2)nc1Nc1ccc2oc(=O)n(CP(=O)(O)O)c2c1.